The van der Waals surface area contributed by atoms with E-state index in [0.29, 0.717) is 6.54 Å². The lowest BCUT2D eigenvalue weighted by Gasteiger charge is -2.32. The van der Waals surface area contributed by atoms with E-state index in [0.717, 1.165) is 53.1 Å². The van der Waals surface area contributed by atoms with E-state index in [4.69, 9.17) is 4.74 Å². The van der Waals surface area contributed by atoms with Crippen LogP contribution in [0.15, 0.2) is 66.7 Å². The van der Waals surface area contributed by atoms with E-state index in [1.54, 1.807) is 7.11 Å². The highest BCUT2D eigenvalue weighted by atomic mass is 16.5. The minimum absolute atomic E-state index is 0.158. The number of carbonyl (C=O) groups is 1. The zero-order chi connectivity index (χ0) is 22.7. The molecule has 0 radical (unpaired) electrons. The molecule has 0 heterocycles. The number of amides is 1. The highest BCUT2D eigenvalue weighted by Crippen LogP contribution is 2.37. The van der Waals surface area contributed by atoms with E-state index in [2.05, 4.69) is 60.4 Å². The number of ether oxygens (including phenoxy) is 1. The van der Waals surface area contributed by atoms with Crippen LogP contribution >= 0.6 is 0 Å². The number of nitrogens with zero attached hydrogens (tertiary/aromatic N) is 2. The van der Waals surface area contributed by atoms with Gasteiger partial charge in [0.15, 0.2) is 0 Å². The van der Waals surface area contributed by atoms with Crippen LogP contribution in [0, 0.1) is 6.92 Å². The molecule has 32 heavy (non-hydrogen) atoms. The van der Waals surface area contributed by atoms with E-state index < -0.39 is 0 Å². The van der Waals surface area contributed by atoms with Crippen LogP contribution in [-0.4, -0.2) is 27.1 Å². The number of anilines is 2. The molecule has 1 unspecified atom stereocenters. The van der Waals surface area contributed by atoms with E-state index >= 15 is 0 Å². The van der Waals surface area contributed by atoms with Crippen molar-refractivity contribution in [3.05, 3.63) is 89.0 Å². The molecule has 0 N–H and O–H groups in total. The van der Waals surface area contributed by atoms with Crippen LogP contribution in [0.4, 0.5) is 11.4 Å². The molecule has 3 aromatic carbocycles. The maximum atomic E-state index is 14.1. The summed E-state index contributed by atoms with van der Waals surface area (Å²) in [5, 5.41) is 0. The first-order chi connectivity index (χ1) is 15.5. The van der Waals surface area contributed by atoms with Gasteiger partial charge in [-0.2, -0.15) is 0 Å². The minimum Gasteiger partial charge on any atom is -0.497 e. The summed E-state index contributed by atoms with van der Waals surface area (Å²) >= 11 is 0. The molecule has 0 spiro atoms. The number of benzene rings is 3. The summed E-state index contributed by atoms with van der Waals surface area (Å²) in [4.78, 5) is 18.1. The van der Waals surface area contributed by atoms with Gasteiger partial charge in [-0.3, -0.25) is 4.79 Å². The van der Waals surface area contributed by atoms with Gasteiger partial charge in [-0.05, 0) is 78.8 Å². The quantitative estimate of drug-likeness (QED) is 0.503. The molecule has 4 heteroatoms. The molecule has 1 aliphatic rings. The second-order valence-corrected chi connectivity index (χ2v) is 8.78. The van der Waals surface area contributed by atoms with E-state index in [1.807, 2.05) is 37.2 Å². The first-order valence-electron chi connectivity index (χ1n) is 11.3. The minimum atomic E-state index is -0.158. The smallest absolute Gasteiger partial charge is 0.234 e. The molecule has 1 atom stereocenters. The van der Waals surface area contributed by atoms with Crippen LogP contribution in [-0.2, 0) is 17.8 Å². The monoisotopic (exact) mass is 428 g/mol. The number of methoxy groups -OCH3 is 1. The van der Waals surface area contributed by atoms with E-state index in [9.17, 15) is 4.79 Å². The van der Waals surface area contributed by atoms with Crippen molar-refractivity contribution in [2.24, 2.45) is 0 Å². The van der Waals surface area contributed by atoms with E-state index in [1.165, 1.54) is 5.56 Å². The predicted octanol–water partition coefficient (Wildman–Crippen LogP) is 5.72. The summed E-state index contributed by atoms with van der Waals surface area (Å²) < 4.78 is 5.47. The maximum Gasteiger partial charge on any atom is 0.234 e. The number of hydrogen-bond donors (Lipinski definition) is 0. The molecule has 1 aliphatic carbocycles. The lowest BCUT2D eigenvalue weighted by Crippen LogP contribution is -2.36. The van der Waals surface area contributed by atoms with Crippen molar-refractivity contribution in [2.45, 2.75) is 38.6 Å². The van der Waals surface area contributed by atoms with Gasteiger partial charge in [0.05, 0.1) is 19.6 Å². The van der Waals surface area contributed by atoms with Gasteiger partial charge in [0.1, 0.15) is 5.75 Å². The number of carbonyl (C=O) groups excluding carboxylic acids is 1. The fourth-order valence-corrected chi connectivity index (χ4v) is 4.58. The predicted molar refractivity (Wildman–Crippen MR) is 132 cm³/mol. The largest absolute Gasteiger partial charge is 0.497 e. The third kappa shape index (κ3) is 4.50. The molecule has 4 nitrogen and oxygen atoms in total. The second-order valence-electron chi connectivity index (χ2n) is 8.78. The highest BCUT2D eigenvalue weighted by Gasteiger charge is 2.31. The first kappa shape index (κ1) is 21.9. The Morgan fingerprint density at radius 2 is 1.78 bits per heavy atom. The summed E-state index contributed by atoms with van der Waals surface area (Å²) in [5.41, 5.74) is 6.72. The van der Waals surface area contributed by atoms with Gasteiger partial charge in [0.2, 0.25) is 5.91 Å². The molecule has 166 valence electrons. The Bertz CT molecular complexity index is 1090. The Morgan fingerprint density at radius 1 is 1.03 bits per heavy atom. The zero-order valence-electron chi connectivity index (χ0n) is 19.5. The zero-order valence-corrected chi connectivity index (χ0v) is 19.5. The maximum absolute atomic E-state index is 14.1. The SMILES string of the molecule is COc1ccc2c(c1)C(C(=O)N(Cc1ccc(N(C)C)cc1)c1ccccc1C)CCC2. The lowest BCUT2D eigenvalue weighted by atomic mass is 9.81. The number of rotatable bonds is 6. The fraction of sp³-hybridized carbons (Fsp3) is 0.321. The summed E-state index contributed by atoms with van der Waals surface area (Å²) in [5.74, 6) is 0.810. The number of aryl methyl sites for hydroxylation is 2. The Kier molecular flexibility index (Phi) is 6.50. The molecule has 1 amide bonds. The lowest BCUT2D eigenvalue weighted by molar-refractivity contribution is -0.120. The molecule has 0 aromatic heterocycles. The number of hydrogen-bond acceptors (Lipinski definition) is 3. The van der Waals surface area contributed by atoms with Crippen molar-refractivity contribution in [2.75, 3.05) is 31.0 Å². The van der Waals surface area contributed by atoms with Crippen molar-refractivity contribution in [1.29, 1.82) is 0 Å². The van der Waals surface area contributed by atoms with Gasteiger partial charge in [0.25, 0.3) is 0 Å². The summed E-state index contributed by atoms with van der Waals surface area (Å²) in [6, 6.07) is 22.8. The van der Waals surface area contributed by atoms with Crippen LogP contribution in [0.2, 0.25) is 0 Å². The van der Waals surface area contributed by atoms with Crippen LogP contribution in [0.5, 0.6) is 5.75 Å². The van der Waals surface area contributed by atoms with Crippen LogP contribution < -0.4 is 14.5 Å². The first-order valence-corrected chi connectivity index (χ1v) is 11.3. The van der Waals surface area contributed by atoms with Gasteiger partial charge in [-0.25, -0.2) is 0 Å². The highest BCUT2D eigenvalue weighted by molar-refractivity contribution is 5.99. The second kappa shape index (κ2) is 9.47. The molecule has 3 aromatic rings. The van der Waals surface area contributed by atoms with Gasteiger partial charge in [-0.15, -0.1) is 0 Å². The van der Waals surface area contributed by atoms with E-state index in [-0.39, 0.29) is 11.8 Å². The van der Waals surface area contributed by atoms with Gasteiger partial charge >= 0.3 is 0 Å². The van der Waals surface area contributed by atoms with Crippen molar-refractivity contribution in [3.8, 4) is 5.75 Å². The molecule has 4 rings (SSSR count). The van der Waals surface area contributed by atoms with Crippen LogP contribution in [0.1, 0.15) is 41.0 Å². The topological polar surface area (TPSA) is 32.8 Å². The average molecular weight is 429 g/mol. The molecular formula is C28H32N2O2. The molecular weight excluding hydrogens is 396 g/mol. The molecule has 0 bridgehead atoms. The molecule has 0 saturated heterocycles. The number of para-hydroxylation sites is 1. The summed E-state index contributed by atoms with van der Waals surface area (Å²) in [6.45, 7) is 2.62. The third-order valence-electron chi connectivity index (χ3n) is 6.43. The van der Waals surface area contributed by atoms with Crippen molar-refractivity contribution in [1.82, 2.24) is 0 Å². The standard InChI is InChI=1S/C28H32N2O2/c1-20-8-5-6-11-27(20)30(19-21-12-15-23(16-13-21)29(2)3)28(31)25-10-7-9-22-14-17-24(32-4)18-26(22)25/h5-6,8,11-18,25H,7,9-10,19H2,1-4H3. The fourth-order valence-electron chi connectivity index (χ4n) is 4.58. The van der Waals surface area contributed by atoms with Crippen molar-refractivity contribution < 1.29 is 9.53 Å². The average Bonchev–Trinajstić information content (AvgIpc) is 2.82. The van der Waals surface area contributed by atoms with Crippen LogP contribution in [0.3, 0.4) is 0 Å². The molecule has 0 saturated carbocycles. The van der Waals surface area contributed by atoms with Gasteiger partial charge in [-0.1, -0.05) is 36.4 Å². The molecule has 0 fully saturated rings. The Hall–Kier alpha value is -3.27. The van der Waals surface area contributed by atoms with Gasteiger partial charge in [0, 0.05) is 25.5 Å². The number of fused-ring (bicyclic) bond motifs is 1. The van der Waals surface area contributed by atoms with Crippen molar-refractivity contribution >= 4 is 17.3 Å². The Balaban J connectivity index is 1.71. The Labute approximate surface area is 191 Å². The summed E-state index contributed by atoms with van der Waals surface area (Å²) in [6.07, 6.45) is 2.90. The Morgan fingerprint density at radius 3 is 2.47 bits per heavy atom. The third-order valence-corrected chi connectivity index (χ3v) is 6.43. The van der Waals surface area contributed by atoms with Crippen molar-refractivity contribution in [3.63, 3.8) is 0 Å². The van der Waals surface area contributed by atoms with Crippen LogP contribution in [0.25, 0.3) is 0 Å². The molecule has 0 aliphatic heterocycles. The van der Waals surface area contributed by atoms with Gasteiger partial charge < -0.3 is 14.5 Å². The summed E-state index contributed by atoms with van der Waals surface area (Å²) in [7, 11) is 5.75. The normalized spacial score (nSPS) is 15.1.